The zero-order valence-electron chi connectivity index (χ0n) is 11.2. The molecule has 1 unspecified atom stereocenters. The lowest BCUT2D eigenvalue weighted by molar-refractivity contribution is -0.416. The number of nitrogens with two attached hydrogens (primary N) is 2. The Morgan fingerprint density at radius 3 is 2.86 bits per heavy atom. The molecule has 8 nitrogen and oxygen atoms in total. The monoisotopic (exact) mass is 311 g/mol. The van der Waals surface area contributed by atoms with Gasteiger partial charge in [-0.1, -0.05) is 11.6 Å². The molecule has 112 valence electrons. The maximum atomic E-state index is 10.7. The van der Waals surface area contributed by atoms with Crippen molar-refractivity contribution in [1.82, 2.24) is 5.32 Å². The van der Waals surface area contributed by atoms with Crippen LogP contribution in [0.1, 0.15) is 5.56 Å². The van der Waals surface area contributed by atoms with Gasteiger partial charge in [0.15, 0.2) is 5.79 Å². The summed E-state index contributed by atoms with van der Waals surface area (Å²) in [4.78, 5) is 14.1. The van der Waals surface area contributed by atoms with E-state index in [4.69, 9.17) is 27.8 Å². The first-order chi connectivity index (χ1) is 9.84. The van der Waals surface area contributed by atoms with E-state index in [1.807, 2.05) is 0 Å². The predicted molar refractivity (Wildman–Crippen MR) is 78.5 cm³/mol. The lowest BCUT2D eigenvalue weighted by atomic mass is 10.1. The van der Waals surface area contributed by atoms with Crippen molar-refractivity contribution < 1.29 is 9.66 Å². The summed E-state index contributed by atoms with van der Waals surface area (Å²) in [5.41, 5.74) is 12.0. The third-order valence-electron chi connectivity index (χ3n) is 2.94. The van der Waals surface area contributed by atoms with Crippen molar-refractivity contribution in [3.8, 4) is 5.75 Å². The molecular formula is C12H14ClN5O3. The van der Waals surface area contributed by atoms with Crippen LogP contribution in [0.15, 0.2) is 35.1 Å². The zero-order valence-corrected chi connectivity index (χ0v) is 11.9. The molecule has 0 radical (unpaired) electrons. The van der Waals surface area contributed by atoms with Crippen molar-refractivity contribution in [3.05, 3.63) is 50.8 Å². The van der Waals surface area contributed by atoms with Crippen LogP contribution in [0, 0.1) is 10.1 Å². The summed E-state index contributed by atoms with van der Waals surface area (Å²) in [7, 11) is 1.52. The molecule has 21 heavy (non-hydrogen) atoms. The van der Waals surface area contributed by atoms with E-state index >= 15 is 0 Å². The fraction of sp³-hybridized carbons (Fsp3) is 0.250. The molecule has 0 aromatic heterocycles. The van der Waals surface area contributed by atoms with Crippen LogP contribution in [-0.2, 0) is 6.42 Å². The minimum absolute atomic E-state index is 0.193. The predicted octanol–water partition coefficient (Wildman–Crippen LogP) is 0.582. The molecule has 0 fully saturated rings. The molecule has 2 rings (SSSR count). The molecule has 0 saturated heterocycles. The topological polar surface area (TPSA) is 129 Å². The van der Waals surface area contributed by atoms with Gasteiger partial charge in [0.2, 0.25) is 5.84 Å². The Bertz CT molecular complexity index is 646. The molecule has 9 heteroatoms. The van der Waals surface area contributed by atoms with Crippen molar-refractivity contribution in [2.75, 3.05) is 7.11 Å². The second-order valence-electron chi connectivity index (χ2n) is 4.49. The lowest BCUT2D eigenvalue weighted by Crippen LogP contribution is -2.55. The number of nitrogens with one attached hydrogen (secondary N) is 1. The summed E-state index contributed by atoms with van der Waals surface area (Å²) in [6.07, 6.45) is 1.33. The van der Waals surface area contributed by atoms with E-state index in [9.17, 15) is 10.1 Å². The number of amidine groups is 1. The van der Waals surface area contributed by atoms with Gasteiger partial charge in [-0.15, -0.1) is 0 Å². The van der Waals surface area contributed by atoms with Crippen LogP contribution in [0.5, 0.6) is 5.75 Å². The number of rotatable bonds is 4. The Labute approximate surface area is 125 Å². The van der Waals surface area contributed by atoms with Crippen LogP contribution >= 0.6 is 11.6 Å². The highest BCUT2D eigenvalue weighted by Crippen LogP contribution is 2.26. The van der Waals surface area contributed by atoms with Crippen LogP contribution in [0.25, 0.3) is 0 Å². The first-order valence-corrected chi connectivity index (χ1v) is 6.32. The summed E-state index contributed by atoms with van der Waals surface area (Å²) in [6, 6.07) is 5.08. The van der Waals surface area contributed by atoms with Crippen LogP contribution < -0.4 is 21.5 Å². The molecule has 0 amide bonds. The van der Waals surface area contributed by atoms with Gasteiger partial charge >= 0.3 is 5.70 Å². The normalized spacial score (nSPS) is 21.1. The van der Waals surface area contributed by atoms with Gasteiger partial charge in [0.05, 0.1) is 18.2 Å². The molecule has 1 aliphatic heterocycles. The molecular weight excluding hydrogens is 298 g/mol. The zero-order chi connectivity index (χ0) is 15.6. The van der Waals surface area contributed by atoms with E-state index in [0.29, 0.717) is 16.3 Å². The fourth-order valence-corrected chi connectivity index (χ4v) is 2.18. The van der Waals surface area contributed by atoms with Crippen molar-refractivity contribution in [3.63, 3.8) is 0 Å². The maximum absolute atomic E-state index is 10.7. The molecule has 0 saturated carbocycles. The molecule has 1 aromatic carbocycles. The number of methoxy groups -OCH3 is 1. The Kier molecular flexibility index (Phi) is 4.01. The number of aliphatic imine (C=N–C) groups is 1. The molecule has 0 spiro atoms. The first kappa shape index (κ1) is 15.1. The van der Waals surface area contributed by atoms with Crippen molar-refractivity contribution >= 4 is 17.4 Å². The third-order valence-corrected chi connectivity index (χ3v) is 3.18. The molecule has 5 N–H and O–H groups in total. The van der Waals surface area contributed by atoms with Crippen molar-refractivity contribution in [2.24, 2.45) is 16.5 Å². The Morgan fingerprint density at radius 2 is 2.29 bits per heavy atom. The lowest BCUT2D eigenvalue weighted by Gasteiger charge is -2.29. The minimum atomic E-state index is -1.30. The van der Waals surface area contributed by atoms with Crippen molar-refractivity contribution in [2.45, 2.75) is 12.2 Å². The number of benzene rings is 1. The fourth-order valence-electron chi connectivity index (χ4n) is 1.98. The van der Waals surface area contributed by atoms with Gasteiger partial charge in [-0.2, -0.15) is 0 Å². The second-order valence-corrected chi connectivity index (χ2v) is 4.92. The SMILES string of the molecule is COc1ccc(Cl)cc1CC1(N)N=C(N)C([N+](=O)[O-])=CN1. The first-order valence-electron chi connectivity index (χ1n) is 5.94. The number of hydrogen-bond donors (Lipinski definition) is 3. The molecule has 1 heterocycles. The van der Waals surface area contributed by atoms with Crippen molar-refractivity contribution in [1.29, 1.82) is 0 Å². The summed E-state index contributed by atoms with van der Waals surface area (Å²) < 4.78 is 5.23. The van der Waals surface area contributed by atoms with Gasteiger partial charge in [0.1, 0.15) is 5.75 Å². The summed E-state index contributed by atoms with van der Waals surface area (Å²) >= 11 is 5.95. The summed E-state index contributed by atoms with van der Waals surface area (Å²) in [5, 5.41) is 13.9. The minimum Gasteiger partial charge on any atom is -0.496 e. The molecule has 1 atom stereocenters. The molecule has 1 aromatic rings. The van der Waals surface area contributed by atoms with Gasteiger partial charge in [0.25, 0.3) is 0 Å². The van der Waals surface area contributed by atoms with Crippen LogP contribution in [0.3, 0.4) is 0 Å². The van der Waals surface area contributed by atoms with E-state index in [0.717, 1.165) is 6.20 Å². The largest absolute Gasteiger partial charge is 0.496 e. The van der Waals surface area contributed by atoms with Gasteiger partial charge in [0, 0.05) is 17.0 Å². The van der Waals surface area contributed by atoms with Crippen LogP contribution in [0.4, 0.5) is 0 Å². The number of hydrogen-bond acceptors (Lipinski definition) is 7. The summed E-state index contributed by atoms with van der Waals surface area (Å²) in [5.74, 6) is -0.951. The number of nitro groups is 1. The van der Waals surface area contributed by atoms with E-state index in [-0.39, 0.29) is 18.0 Å². The van der Waals surface area contributed by atoms with Crippen LogP contribution in [0.2, 0.25) is 5.02 Å². The van der Waals surface area contributed by atoms with E-state index in [2.05, 4.69) is 10.3 Å². The summed E-state index contributed by atoms with van der Waals surface area (Å²) in [6.45, 7) is 0. The molecule has 0 bridgehead atoms. The van der Waals surface area contributed by atoms with Crippen LogP contribution in [-0.4, -0.2) is 23.7 Å². The molecule has 0 aliphatic carbocycles. The quantitative estimate of drug-likeness (QED) is 0.551. The van der Waals surface area contributed by atoms with E-state index in [1.54, 1.807) is 18.2 Å². The van der Waals surface area contributed by atoms with Gasteiger partial charge in [-0.3, -0.25) is 15.8 Å². The average molecular weight is 312 g/mol. The highest BCUT2D eigenvalue weighted by atomic mass is 35.5. The number of ether oxygens (including phenoxy) is 1. The van der Waals surface area contributed by atoms with Gasteiger partial charge in [-0.25, -0.2) is 4.99 Å². The van der Waals surface area contributed by atoms with E-state index < -0.39 is 10.7 Å². The highest BCUT2D eigenvalue weighted by molar-refractivity contribution is 6.30. The maximum Gasteiger partial charge on any atom is 0.326 e. The smallest absolute Gasteiger partial charge is 0.326 e. The Morgan fingerprint density at radius 1 is 1.57 bits per heavy atom. The number of nitrogens with zero attached hydrogens (tertiary/aromatic N) is 2. The van der Waals surface area contributed by atoms with Gasteiger partial charge in [-0.05, 0) is 18.2 Å². The average Bonchev–Trinajstić information content (AvgIpc) is 2.37. The second kappa shape index (κ2) is 5.58. The Balaban J connectivity index is 2.29. The third kappa shape index (κ3) is 3.23. The standard InChI is InChI=1S/C12H14ClN5O3/c1-21-10-3-2-8(13)4-7(10)5-12(15)16-6-9(18(19)20)11(14)17-12/h2-4,6,16H,5,15H2,1H3,(H2,14,17). The number of halogens is 1. The highest BCUT2D eigenvalue weighted by Gasteiger charge is 2.33. The Hall–Kier alpha value is -2.32. The van der Waals surface area contributed by atoms with Gasteiger partial charge < -0.3 is 15.8 Å². The molecule has 1 aliphatic rings. The van der Waals surface area contributed by atoms with E-state index in [1.165, 1.54) is 7.11 Å².